The fraction of sp³-hybridized carbons (Fsp3) is 0. The van der Waals surface area contributed by atoms with Gasteiger partial charge in [0.25, 0.3) is 5.91 Å². The van der Waals surface area contributed by atoms with Gasteiger partial charge in [0.2, 0.25) is 0 Å². The Morgan fingerprint density at radius 2 is 1.89 bits per heavy atom. The number of hydrogen-bond acceptors (Lipinski definition) is 2. The fourth-order valence-corrected chi connectivity index (χ4v) is 1.88. The zero-order valence-corrected chi connectivity index (χ0v) is 11.1. The lowest BCUT2D eigenvalue weighted by Crippen LogP contribution is -2.14. The van der Waals surface area contributed by atoms with Gasteiger partial charge in [-0.2, -0.15) is 0 Å². The van der Waals surface area contributed by atoms with Gasteiger partial charge >= 0.3 is 0 Å². The Labute approximate surface area is 119 Å². The molecule has 3 N–H and O–H groups in total. The summed E-state index contributed by atoms with van der Waals surface area (Å²) in [4.78, 5) is 12.0. The number of nitrogen functional groups attached to an aromatic ring is 1. The number of nitrogens with one attached hydrogen (secondary N) is 1. The molecule has 0 saturated heterocycles. The monoisotopic (exact) mass is 298 g/mol. The van der Waals surface area contributed by atoms with Gasteiger partial charge in [-0.1, -0.05) is 29.3 Å². The summed E-state index contributed by atoms with van der Waals surface area (Å²) in [5, 5.41) is 2.55. The quantitative estimate of drug-likeness (QED) is 0.824. The van der Waals surface area contributed by atoms with Gasteiger partial charge in [0.1, 0.15) is 0 Å². The molecule has 0 aliphatic rings. The van der Waals surface area contributed by atoms with Crippen molar-refractivity contribution in [3.63, 3.8) is 0 Å². The van der Waals surface area contributed by atoms with Crippen molar-refractivity contribution in [2.45, 2.75) is 0 Å². The highest BCUT2D eigenvalue weighted by Gasteiger charge is 2.14. The van der Waals surface area contributed by atoms with E-state index in [1.807, 2.05) is 0 Å². The molecule has 0 aliphatic heterocycles. The maximum absolute atomic E-state index is 13.7. The lowest BCUT2D eigenvalue weighted by atomic mass is 10.2. The average Bonchev–Trinajstić information content (AvgIpc) is 2.38. The van der Waals surface area contributed by atoms with Gasteiger partial charge in [0, 0.05) is 5.69 Å². The van der Waals surface area contributed by atoms with E-state index in [0.717, 1.165) is 0 Å². The number of halogens is 3. The van der Waals surface area contributed by atoms with E-state index in [0.29, 0.717) is 5.69 Å². The van der Waals surface area contributed by atoms with Crippen LogP contribution in [-0.4, -0.2) is 5.91 Å². The highest BCUT2D eigenvalue weighted by Crippen LogP contribution is 2.24. The number of hydrogen-bond donors (Lipinski definition) is 2. The molecule has 0 atom stereocenters. The molecule has 6 heteroatoms. The van der Waals surface area contributed by atoms with E-state index in [-0.39, 0.29) is 21.3 Å². The van der Waals surface area contributed by atoms with Gasteiger partial charge < -0.3 is 11.1 Å². The van der Waals surface area contributed by atoms with Gasteiger partial charge in [-0.25, -0.2) is 4.39 Å². The number of rotatable bonds is 2. The standard InChI is InChI=1S/C13H9Cl2FN2O/c14-9-5-4-7(17)6-8(9)13(19)18-11-3-1-2-10(15)12(11)16/h1-6H,17H2,(H,18,19). The third kappa shape index (κ3) is 2.97. The van der Waals surface area contributed by atoms with Crippen LogP contribution in [0.4, 0.5) is 15.8 Å². The highest BCUT2D eigenvalue weighted by atomic mass is 35.5. The Balaban J connectivity index is 2.31. The predicted molar refractivity (Wildman–Crippen MR) is 75.2 cm³/mol. The summed E-state index contributed by atoms with van der Waals surface area (Å²) in [7, 11) is 0. The molecule has 2 rings (SSSR count). The van der Waals surface area contributed by atoms with E-state index in [4.69, 9.17) is 28.9 Å². The Morgan fingerprint density at radius 1 is 1.16 bits per heavy atom. The van der Waals surface area contributed by atoms with E-state index >= 15 is 0 Å². The van der Waals surface area contributed by atoms with Crippen LogP contribution in [0.3, 0.4) is 0 Å². The van der Waals surface area contributed by atoms with Crippen LogP contribution in [0.15, 0.2) is 36.4 Å². The van der Waals surface area contributed by atoms with Crippen LogP contribution in [0, 0.1) is 5.82 Å². The Hall–Kier alpha value is -1.78. The Kier molecular flexibility index (Phi) is 3.93. The molecular weight excluding hydrogens is 290 g/mol. The lowest BCUT2D eigenvalue weighted by Gasteiger charge is -2.09. The Bertz CT molecular complexity index is 647. The molecule has 0 aromatic heterocycles. The van der Waals surface area contributed by atoms with E-state index in [1.54, 1.807) is 6.07 Å². The first-order valence-electron chi connectivity index (χ1n) is 5.29. The van der Waals surface area contributed by atoms with Crippen LogP contribution in [0.1, 0.15) is 10.4 Å². The third-order valence-electron chi connectivity index (χ3n) is 2.43. The van der Waals surface area contributed by atoms with Crippen LogP contribution >= 0.6 is 23.2 Å². The van der Waals surface area contributed by atoms with E-state index in [1.165, 1.54) is 30.3 Å². The van der Waals surface area contributed by atoms with Crippen molar-refractivity contribution in [1.29, 1.82) is 0 Å². The minimum absolute atomic E-state index is 0.0176. The second-order valence-electron chi connectivity index (χ2n) is 3.79. The smallest absolute Gasteiger partial charge is 0.257 e. The largest absolute Gasteiger partial charge is 0.399 e. The second kappa shape index (κ2) is 5.47. The molecule has 0 fully saturated rings. The maximum Gasteiger partial charge on any atom is 0.257 e. The van der Waals surface area contributed by atoms with Gasteiger partial charge in [-0.3, -0.25) is 4.79 Å². The molecule has 0 unspecified atom stereocenters. The summed E-state index contributed by atoms with van der Waals surface area (Å²) in [6, 6.07) is 8.81. The molecule has 0 aliphatic carbocycles. The molecule has 0 bridgehead atoms. The molecule has 2 aromatic carbocycles. The lowest BCUT2D eigenvalue weighted by molar-refractivity contribution is 0.102. The summed E-state index contributed by atoms with van der Waals surface area (Å²) in [5.41, 5.74) is 6.12. The number of nitrogens with two attached hydrogens (primary N) is 1. The van der Waals surface area contributed by atoms with Gasteiger partial charge in [0.05, 0.1) is 21.3 Å². The van der Waals surface area contributed by atoms with Crippen molar-refractivity contribution in [3.05, 3.63) is 57.8 Å². The number of amides is 1. The van der Waals surface area contributed by atoms with Crippen molar-refractivity contribution >= 4 is 40.5 Å². The second-order valence-corrected chi connectivity index (χ2v) is 4.61. The third-order valence-corrected chi connectivity index (χ3v) is 3.06. The van der Waals surface area contributed by atoms with E-state index < -0.39 is 11.7 Å². The van der Waals surface area contributed by atoms with Gasteiger partial charge in [-0.15, -0.1) is 0 Å². The molecule has 19 heavy (non-hydrogen) atoms. The summed E-state index contributed by atoms with van der Waals surface area (Å²) in [6.07, 6.45) is 0. The SMILES string of the molecule is Nc1ccc(Cl)c(C(=O)Nc2cccc(Cl)c2F)c1. The van der Waals surface area contributed by atoms with Crippen molar-refractivity contribution < 1.29 is 9.18 Å². The van der Waals surface area contributed by atoms with Crippen molar-refractivity contribution in [2.24, 2.45) is 0 Å². The maximum atomic E-state index is 13.7. The normalized spacial score (nSPS) is 10.3. The van der Waals surface area contributed by atoms with Crippen LogP contribution in [0.2, 0.25) is 10.0 Å². The number of anilines is 2. The van der Waals surface area contributed by atoms with Crippen molar-refractivity contribution in [3.8, 4) is 0 Å². The molecule has 0 radical (unpaired) electrons. The van der Waals surface area contributed by atoms with E-state index in [2.05, 4.69) is 5.32 Å². The minimum Gasteiger partial charge on any atom is -0.399 e. The van der Waals surface area contributed by atoms with Gasteiger partial charge in [0.15, 0.2) is 5.82 Å². The molecule has 0 heterocycles. The fourth-order valence-electron chi connectivity index (χ4n) is 1.51. The summed E-state index contributed by atoms with van der Waals surface area (Å²) >= 11 is 11.5. The van der Waals surface area contributed by atoms with Crippen LogP contribution in [-0.2, 0) is 0 Å². The summed E-state index contributed by atoms with van der Waals surface area (Å²) in [5.74, 6) is -1.25. The number of carbonyl (C=O) groups excluding carboxylic acids is 1. The van der Waals surface area contributed by atoms with Crippen LogP contribution < -0.4 is 11.1 Å². The first-order chi connectivity index (χ1) is 8.99. The molecule has 3 nitrogen and oxygen atoms in total. The zero-order chi connectivity index (χ0) is 14.0. The molecule has 2 aromatic rings. The number of carbonyl (C=O) groups is 1. The zero-order valence-electron chi connectivity index (χ0n) is 9.58. The topological polar surface area (TPSA) is 55.1 Å². The first-order valence-corrected chi connectivity index (χ1v) is 6.05. The van der Waals surface area contributed by atoms with Crippen molar-refractivity contribution in [1.82, 2.24) is 0 Å². The predicted octanol–water partition coefficient (Wildman–Crippen LogP) is 3.97. The Morgan fingerprint density at radius 3 is 2.63 bits per heavy atom. The van der Waals surface area contributed by atoms with Crippen LogP contribution in [0.25, 0.3) is 0 Å². The average molecular weight is 299 g/mol. The van der Waals surface area contributed by atoms with Crippen LogP contribution in [0.5, 0.6) is 0 Å². The minimum atomic E-state index is -0.697. The molecule has 0 saturated carbocycles. The number of benzene rings is 2. The van der Waals surface area contributed by atoms with Crippen molar-refractivity contribution in [2.75, 3.05) is 11.1 Å². The molecule has 1 amide bonds. The first kappa shape index (κ1) is 13.6. The summed E-state index contributed by atoms with van der Waals surface area (Å²) < 4.78 is 13.7. The van der Waals surface area contributed by atoms with E-state index in [9.17, 15) is 9.18 Å². The molecule has 0 spiro atoms. The molecule has 98 valence electrons. The molecular formula is C13H9Cl2FN2O. The van der Waals surface area contributed by atoms with Gasteiger partial charge in [-0.05, 0) is 30.3 Å². The highest BCUT2D eigenvalue weighted by molar-refractivity contribution is 6.34. The summed E-state index contributed by atoms with van der Waals surface area (Å²) in [6.45, 7) is 0.